The van der Waals surface area contributed by atoms with E-state index in [9.17, 15) is 18.0 Å². The molecule has 1 saturated heterocycles. The van der Waals surface area contributed by atoms with Crippen molar-refractivity contribution in [2.45, 2.75) is 38.3 Å². The number of rotatable bonds is 6. The highest BCUT2D eigenvalue weighted by Crippen LogP contribution is 2.30. The molecule has 0 bridgehead atoms. The van der Waals surface area contributed by atoms with Crippen LogP contribution in [0.25, 0.3) is 0 Å². The van der Waals surface area contributed by atoms with Crippen LogP contribution in [-0.4, -0.2) is 43.4 Å². The number of sulfonamides is 1. The van der Waals surface area contributed by atoms with E-state index in [0.717, 1.165) is 24.7 Å². The Morgan fingerprint density at radius 3 is 2.64 bits per heavy atom. The maximum Gasteiger partial charge on any atom is 0.238 e. The van der Waals surface area contributed by atoms with Gasteiger partial charge in [0.2, 0.25) is 21.8 Å². The molecule has 1 aliphatic heterocycles. The van der Waals surface area contributed by atoms with E-state index in [-0.39, 0.29) is 17.7 Å². The van der Waals surface area contributed by atoms with E-state index in [1.807, 2.05) is 24.3 Å². The first kappa shape index (κ1) is 17.9. The Balaban J connectivity index is 1.57. The molecule has 1 unspecified atom stereocenters. The standard InChI is InChI=1S/C17H23N3O4S/c1-25(23,24)20-9-3-6-15(20)17(22)18-11-12-4-2-5-14(10-12)19-16(21)13-7-8-13/h2,4-5,10,13,15H,3,6-9,11H2,1H3,(H,18,22)(H,19,21). The number of carbonyl (C=O) groups is 2. The van der Waals surface area contributed by atoms with Crippen LogP contribution < -0.4 is 10.6 Å². The molecule has 1 aliphatic carbocycles. The first-order chi connectivity index (χ1) is 11.8. The Kier molecular flexibility index (Phi) is 5.10. The molecule has 1 aromatic carbocycles. The zero-order chi connectivity index (χ0) is 18.0. The predicted octanol–water partition coefficient (Wildman–Crippen LogP) is 1.08. The fraction of sp³-hybridized carbons (Fsp3) is 0.529. The van der Waals surface area contributed by atoms with E-state index in [4.69, 9.17) is 0 Å². The minimum absolute atomic E-state index is 0.0379. The third-order valence-corrected chi connectivity index (χ3v) is 5.83. The van der Waals surface area contributed by atoms with Crippen molar-refractivity contribution in [1.82, 2.24) is 9.62 Å². The highest BCUT2D eigenvalue weighted by Gasteiger charge is 2.36. The molecule has 2 aliphatic rings. The molecule has 25 heavy (non-hydrogen) atoms. The van der Waals surface area contributed by atoms with Crippen LogP contribution in [0.3, 0.4) is 0 Å². The fourth-order valence-electron chi connectivity index (χ4n) is 3.06. The van der Waals surface area contributed by atoms with Gasteiger partial charge in [-0.25, -0.2) is 8.42 Å². The highest BCUT2D eigenvalue weighted by molar-refractivity contribution is 7.88. The molecule has 8 heteroatoms. The third-order valence-electron chi connectivity index (χ3n) is 4.54. The molecule has 2 amide bonds. The first-order valence-electron chi connectivity index (χ1n) is 8.49. The Bertz CT molecular complexity index is 774. The Morgan fingerprint density at radius 2 is 1.96 bits per heavy atom. The molecule has 3 rings (SSSR count). The lowest BCUT2D eigenvalue weighted by Gasteiger charge is -2.21. The third kappa shape index (κ3) is 4.58. The van der Waals surface area contributed by atoms with Gasteiger partial charge in [0.25, 0.3) is 0 Å². The van der Waals surface area contributed by atoms with Gasteiger partial charge in [-0.05, 0) is 43.4 Å². The average molecular weight is 365 g/mol. The smallest absolute Gasteiger partial charge is 0.238 e. The highest BCUT2D eigenvalue weighted by atomic mass is 32.2. The molecular weight excluding hydrogens is 342 g/mol. The van der Waals surface area contributed by atoms with Crippen LogP contribution in [0.15, 0.2) is 24.3 Å². The van der Waals surface area contributed by atoms with Gasteiger partial charge in [0.15, 0.2) is 0 Å². The largest absolute Gasteiger partial charge is 0.351 e. The van der Waals surface area contributed by atoms with Crippen molar-refractivity contribution in [3.63, 3.8) is 0 Å². The average Bonchev–Trinajstić information content (AvgIpc) is 3.28. The van der Waals surface area contributed by atoms with Crippen LogP contribution in [0.5, 0.6) is 0 Å². The minimum Gasteiger partial charge on any atom is -0.351 e. The van der Waals surface area contributed by atoms with Crippen molar-refractivity contribution >= 4 is 27.5 Å². The van der Waals surface area contributed by atoms with Crippen molar-refractivity contribution in [1.29, 1.82) is 0 Å². The summed E-state index contributed by atoms with van der Waals surface area (Å²) in [6, 6.07) is 6.68. The van der Waals surface area contributed by atoms with Crippen LogP contribution in [0.1, 0.15) is 31.2 Å². The van der Waals surface area contributed by atoms with Crippen molar-refractivity contribution in [3.8, 4) is 0 Å². The zero-order valence-electron chi connectivity index (χ0n) is 14.2. The Hall–Kier alpha value is -1.93. The van der Waals surface area contributed by atoms with E-state index < -0.39 is 16.1 Å². The molecule has 1 heterocycles. The van der Waals surface area contributed by atoms with E-state index in [1.54, 1.807) is 0 Å². The number of nitrogens with one attached hydrogen (secondary N) is 2. The van der Waals surface area contributed by atoms with Gasteiger partial charge in [0, 0.05) is 24.7 Å². The Morgan fingerprint density at radius 1 is 1.20 bits per heavy atom. The maximum absolute atomic E-state index is 12.3. The molecule has 1 atom stereocenters. The first-order valence-corrected chi connectivity index (χ1v) is 10.3. The summed E-state index contributed by atoms with van der Waals surface area (Å²) in [6.07, 6.45) is 4.24. The van der Waals surface area contributed by atoms with Crippen LogP contribution in [-0.2, 0) is 26.2 Å². The van der Waals surface area contributed by atoms with Gasteiger partial charge in [-0.3, -0.25) is 9.59 Å². The van der Waals surface area contributed by atoms with Crippen molar-refractivity contribution in [2.75, 3.05) is 18.1 Å². The topological polar surface area (TPSA) is 95.6 Å². The molecule has 0 aromatic heterocycles. The Labute approximate surface area is 147 Å². The molecule has 0 spiro atoms. The summed E-state index contributed by atoms with van der Waals surface area (Å²) in [4.78, 5) is 24.2. The summed E-state index contributed by atoms with van der Waals surface area (Å²) in [5, 5.41) is 5.68. The normalized spacial score (nSPS) is 21.1. The summed E-state index contributed by atoms with van der Waals surface area (Å²) in [7, 11) is -3.38. The summed E-state index contributed by atoms with van der Waals surface area (Å²) in [5.41, 5.74) is 1.56. The number of carbonyl (C=O) groups excluding carboxylic acids is 2. The second-order valence-electron chi connectivity index (χ2n) is 6.71. The number of amides is 2. The molecule has 136 valence electrons. The van der Waals surface area contributed by atoms with Crippen LogP contribution >= 0.6 is 0 Å². The van der Waals surface area contributed by atoms with Gasteiger partial charge in [-0.2, -0.15) is 4.31 Å². The van der Waals surface area contributed by atoms with E-state index in [2.05, 4.69) is 10.6 Å². The van der Waals surface area contributed by atoms with E-state index >= 15 is 0 Å². The van der Waals surface area contributed by atoms with Crippen molar-refractivity contribution in [2.24, 2.45) is 5.92 Å². The van der Waals surface area contributed by atoms with Gasteiger partial charge < -0.3 is 10.6 Å². The summed E-state index contributed by atoms with van der Waals surface area (Å²) >= 11 is 0. The number of hydrogen-bond acceptors (Lipinski definition) is 4. The minimum atomic E-state index is -3.38. The number of hydrogen-bond donors (Lipinski definition) is 2. The monoisotopic (exact) mass is 365 g/mol. The quantitative estimate of drug-likeness (QED) is 0.788. The molecule has 2 fully saturated rings. The SMILES string of the molecule is CS(=O)(=O)N1CCCC1C(=O)NCc1cccc(NC(=O)C2CC2)c1. The lowest BCUT2D eigenvalue weighted by atomic mass is 10.1. The number of benzene rings is 1. The zero-order valence-corrected chi connectivity index (χ0v) is 15.0. The van der Waals surface area contributed by atoms with Crippen molar-refractivity contribution in [3.05, 3.63) is 29.8 Å². The molecular formula is C17H23N3O4S. The van der Waals surface area contributed by atoms with Gasteiger partial charge in [-0.15, -0.1) is 0 Å². The lowest BCUT2D eigenvalue weighted by molar-refractivity contribution is -0.124. The molecule has 0 radical (unpaired) electrons. The van der Waals surface area contributed by atoms with Crippen LogP contribution in [0.2, 0.25) is 0 Å². The second-order valence-corrected chi connectivity index (χ2v) is 8.65. The van der Waals surface area contributed by atoms with Gasteiger partial charge in [0.1, 0.15) is 6.04 Å². The number of nitrogens with zero attached hydrogens (tertiary/aromatic N) is 1. The molecule has 1 aromatic rings. The molecule has 2 N–H and O–H groups in total. The van der Waals surface area contributed by atoms with Crippen molar-refractivity contribution < 1.29 is 18.0 Å². The van der Waals surface area contributed by atoms with E-state index in [1.165, 1.54) is 4.31 Å². The van der Waals surface area contributed by atoms with Gasteiger partial charge >= 0.3 is 0 Å². The lowest BCUT2D eigenvalue weighted by Crippen LogP contribution is -2.45. The van der Waals surface area contributed by atoms with Gasteiger partial charge in [0.05, 0.1) is 6.26 Å². The fourth-order valence-corrected chi connectivity index (χ4v) is 4.18. The molecule has 1 saturated carbocycles. The number of anilines is 1. The molecule has 7 nitrogen and oxygen atoms in total. The van der Waals surface area contributed by atoms with E-state index in [0.29, 0.717) is 31.6 Å². The maximum atomic E-state index is 12.3. The summed E-state index contributed by atoms with van der Waals surface area (Å²) < 4.78 is 24.7. The summed E-state index contributed by atoms with van der Waals surface area (Å²) in [5.74, 6) is -0.112. The van der Waals surface area contributed by atoms with Crippen LogP contribution in [0, 0.1) is 5.92 Å². The van der Waals surface area contributed by atoms with Crippen LogP contribution in [0.4, 0.5) is 5.69 Å². The predicted molar refractivity (Wildman–Crippen MR) is 94.2 cm³/mol. The van der Waals surface area contributed by atoms with Gasteiger partial charge in [-0.1, -0.05) is 12.1 Å². The summed E-state index contributed by atoms with van der Waals surface area (Å²) in [6.45, 7) is 0.680. The second kappa shape index (κ2) is 7.13.